The lowest BCUT2D eigenvalue weighted by molar-refractivity contribution is 0.159. The molecule has 0 amide bonds. The molecular weight excluding hydrogens is 228 g/mol. The molecule has 0 spiro atoms. The van der Waals surface area contributed by atoms with Crippen molar-refractivity contribution < 1.29 is 4.74 Å². The molecule has 1 aliphatic rings. The minimum Gasteiger partial charge on any atom is -0.372 e. The van der Waals surface area contributed by atoms with E-state index in [0.29, 0.717) is 10.9 Å². The minimum atomic E-state index is 0.384. The van der Waals surface area contributed by atoms with Crippen molar-refractivity contribution in [1.82, 2.24) is 0 Å². The summed E-state index contributed by atoms with van der Waals surface area (Å²) < 4.78 is 5.46. The molecule has 1 aliphatic heterocycles. The second-order valence-electron chi connectivity index (χ2n) is 4.44. The molecule has 17 heavy (non-hydrogen) atoms. The Hall–Kier alpha value is -0.990. The summed E-state index contributed by atoms with van der Waals surface area (Å²) in [6.45, 7) is 4.04. The van der Waals surface area contributed by atoms with Gasteiger partial charge in [-0.25, -0.2) is 0 Å². The van der Waals surface area contributed by atoms with E-state index in [9.17, 15) is 0 Å². The quantitative estimate of drug-likeness (QED) is 0.701. The van der Waals surface area contributed by atoms with Crippen molar-refractivity contribution >= 4 is 21.7 Å². The molecular formula is C15H17OS+. The van der Waals surface area contributed by atoms with Gasteiger partial charge in [0.1, 0.15) is 11.5 Å². The fourth-order valence-electron chi connectivity index (χ4n) is 2.42. The second-order valence-corrected chi connectivity index (χ2v) is 6.68. The van der Waals surface area contributed by atoms with Crippen molar-refractivity contribution in [2.24, 2.45) is 0 Å². The normalized spacial score (nSPS) is 17.5. The van der Waals surface area contributed by atoms with E-state index in [-0.39, 0.29) is 0 Å². The van der Waals surface area contributed by atoms with Crippen molar-refractivity contribution in [3.8, 4) is 0 Å². The van der Waals surface area contributed by atoms with E-state index in [1.807, 2.05) is 0 Å². The van der Waals surface area contributed by atoms with Crippen molar-refractivity contribution in [2.45, 2.75) is 11.8 Å². The first-order valence-corrected chi connectivity index (χ1v) is 7.66. The Bertz CT molecular complexity index is 529. The number of hydrogen-bond donors (Lipinski definition) is 0. The lowest BCUT2D eigenvalue weighted by atomic mass is 10.1. The van der Waals surface area contributed by atoms with Gasteiger partial charge in [-0.3, -0.25) is 0 Å². The van der Waals surface area contributed by atoms with Crippen LogP contribution in [0.3, 0.4) is 0 Å². The standard InChI is InChI=1S/C15H17OS/c1-12-6-7-15(17-10-8-16-9-11-17)14-5-3-2-4-13(12)14/h2-7H,8-11H2,1H3/q+1. The van der Waals surface area contributed by atoms with Gasteiger partial charge in [-0.2, -0.15) is 0 Å². The van der Waals surface area contributed by atoms with Crippen LogP contribution >= 0.6 is 0 Å². The van der Waals surface area contributed by atoms with E-state index < -0.39 is 0 Å². The molecule has 88 valence electrons. The van der Waals surface area contributed by atoms with Gasteiger partial charge in [0.25, 0.3) is 0 Å². The van der Waals surface area contributed by atoms with Crippen LogP contribution in [-0.4, -0.2) is 24.7 Å². The van der Waals surface area contributed by atoms with Crippen LogP contribution in [0.5, 0.6) is 0 Å². The van der Waals surface area contributed by atoms with E-state index >= 15 is 0 Å². The van der Waals surface area contributed by atoms with Gasteiger partial charge in [0.05, 0.1) is 13.2 Å². The van der Waals surface area contributed by atoms with Crippen molar-refractivity contribution in [2.75, 3.05) is 24.7 Å². The van der Waals surface area contributed by atoms with Gasteiger partial charge in [-0.1, -0.05) is 24.3 Å². The molecule has 1 nitrogen and oxygen atoms in total. The fourth-order valence-corrected chi connectivity index (χ4v) is 4.45. The minimum absolute atomic E-state index is 0.384. The number of aryl methyl sites for hydroxylation is 1. The average Bonchev–Trinajstić information content (AvgIpc) is 2.41. The largest absolute Gasteiger partial charge is 0.372 e. The van der Waals surface area contributed by atoms with Gasteiger partial charge in [0.15, 0.2) is 4.90 Å². The monoisotopic (exact) mass is 245 g/mol. The smallest absolute Gasteiger partial charge is 0.162 e. The number of ether oxygens (including phenoxy) is 1. The Morgan fingerprint density at radius 3 is 2.41 bits per heavy atom. The summed E-state index contributed by atoms with van der Waals surface area (Å²) in [5.41, 5.74) is 1.38. The van der Waals surface area contributed by atoms with E-state index in [1.165, 1.54) is 32.7 Å². The second kappa shape index (κ2) is 4.71. The highest BCUT2D eigenvalue weighted by atomic mass is 32.2. The maximum atomic E-state index is 5.46. The molecule has 1 heterocycles. The van der Waals surface area contributed by atoms with E-state index in [4.69, 9.17) is 4.74 Å². The average molecular weight is 245 g/mol. The molecule has 1 fully saturated rings. The Balaban J connectivity index is 2.12. The zero-order valence-corrected chi connectivity index (χ0v) is 10.9. The molecule has 1 saturated heterocycles. The summed E-state index contributed by atoms with van der Waals surface area (Å²) >= 11 is 0. The predicted molar refractivity (Wildman–Crippen MR) is 74.9 cm³/mol. The first kappa shape index (κ1) is 11.1. The van der Waals surface area contributed by atoms with Crippen molar-refractivity contribution in [1.29, 1.82) is 0 Å². The van der Waals surface area contributed by atoms with Gasteiger partial charge in [-0.15, -0.1) is 0 Å². The van der Waals surface area contributed by atoms with Gasteiger partial charge in [0, 0.05) is 16.3 Å². The lowest BCUT2D eigenvalue weighted by Crippen LogP contribution is -2.26. The third-order valence-electron chi connectivity index (χ3n) is 3.36. The summed E-state index contributed by atoms with van der Waals surface area (Å²) in [7, 11) is 0.384. The first-order valence-electron chi connectivity index (χ1n) is 6.10. The molecule has 2 heteroatoms. The summed E-state index contributed by atoms with van der Waals surface area (Å²) in [4.78, 5) is 1.54. The fraction of sp³-hybridized carbons (Fsp3) is 0.333. The third kappa shape index (κ3) is 2.07. The van der Waals surface area contributed by atoms with Crippen molar-refractivity contribution in [3.05, 3.63) is 42.0 Å². The molecule has 0 saturated carbocycles. The molecule has 2 aromatic rings. The molecule has 0 aliphatic carbocycles. The summed E-state index contributed by atoms with van der Waals surface area (Å²) in [5, 5.41) is 2.85. The summed E-state index contributed by atoms with van der Waals surface area (Å²) in [6.07, 6.45) is 0. The zero-order valence-electron chi connectivity index (χ0n) is 10.1. The summed E-state index contributed by atoms with van der Waals surface area (Å²) in [6, 6.07) is 13.4. The van der Waals surface area contributed by atoms with Crippen LogP contribution in [-0.2, 0) is 15.6 Å². The molecule has 0 radical (unpaired) electrons. The molecule has 3 rings (SSSR count). The van der Waals surface area contributed by atoms with Crippen LogP contribution < -0.4 is 0 Å². The zero-order chi connectivity index (χ0) is 11.7. The maximum Gasteiger partial charge on any atom is 0.162 e. The predicted octanol–water partition coefficient (Wildman–Crippen LogP) is 3.16. The first-order chi connectivity index (χ1) is 8.36. The molecule has 0 N–H and O–H groups in total. The number of benzene rings is 2. The number of rotatable bonds is 1. The Morgan fingerprint density at radius 1 is 0.941 bits per heavy atom. The third-order valence-corrected chi connectivity index (χ3v) is 5.66. The van der Waals surface area contributed by atoms with Crippen LogP contribution in [0.15, 0.2) is 41.3 Å². The van der Waals surface area contributed by atoms with Crippen LogP contribution in [0.25, 0.3) is 10.8 Å². The lowest BCUT2D eigenvalue weighted by Gasteiger charge is -2.16. The molecule has 0 unspecified atom stereocenters. The number of fused-ring (bicyclic) bond motifs is 1. The van der Waals surface area contributed by atoms with Gasteiger partial charge in [-0.05, 0) is 30.0 Å². The van der Waals surface area contributed by atoms with E-state index in [1.54, 1.807) is 0 Å². The topological polar surface area (TPSA) is 9.23 Å². The Labute approximate surface area is 105 Å². The van der Waals surface area contributed by atoms with Gasteiger partial charge >= 0.3 is 0 Å². The van der Waals surface area contributed by atoms with E-state index in [0.717, 1.165) is 13.2 Å². The molecule has 0 bridgehead atoms. The van der Waals surface area contributed by atoms with Crippen LogP contribution in [0, 0.1) is 6.92 Å². The highest BCUT2D eigenvalue weighted by molar-refractivity contribution is 7.97. The maximum absolute atomic E-state index is 5.46. The van der Waals surface area contributed by atoms with Gasteiger partial charge in [0.2, 0.25) is 0 Å². The van der Waals surface area contributed by atoms with Crippen LogP contribution in [0.4, 0.5) is 0 Å². The van der Waals surface area contributed by atoms with Crippen LogP contribution in [0.2, 0.25) is 0 Å². The molecule has 0 aromatic heterocycles. The Kier molecular flexibility index (Phi) is 3.08. The molecule has 0 atom stereocenters. The summed E-state index contributed by atoms with van der Waals surface area (Å²) in [5.74, 6) is 2.38. The highest BCUT2D eigenvalue weighted by Crippen LogP contribution is 2.28. The number of hydrogen-bond acceptors (Lipinski definition) is 1. The van der Waals surface area contributed by atoms with Crippen molar-refractivity contribution in [3.63, 3.8) is 0 Å². The van der Waals surface area contributed by atoms with Crippen LogP contribution in [0.1, 0.15) is 5.56 Å². The van der Waals surface area contributed by atoms with Gasteiger partial charge < -0.3 is 4.74 Å². The van der Waals surface area contributed by atoms with E-state index in [2.05, 4.69) is 43.3 Å². The SMILES string of the molecule is Cc1ccc([S+]2CCOCC2)c2ccccc12. The molecule has 2 aromatic carbocycles. The Morgan fingerprint density at radius 2 is 1.65 bits per heavy atom. The highest BCUT2D eigenvalue weighted by Gasteiger charge is 2.27.